The van der Waals surface area contributed by atoms with Crippen LogP contribution in [-0.2, 0) is 6.54 Å². The molecule has 0 saturated heterocycles. The van der Waals surface area contributed by atoms with Crippen molar-refractivity contribution >= 4 is 18.0 Å². The lowest BCUT2D eigenvalue weighted by Crippen LogP contribution is -2.07. The first-order valence-electron chi connectivity index (χ1n) is 10.1. The summed E-state index contributed by atoms with van der Waals surface area (Å²) in [4.78, 5) is 16.9. The lowest BCUT2D eigenvalue weighted by atomic mass is 10.0. The van der Waals surface area contributed by atoms with E-state index in [1.807, 2.05) is 43.3 Å². The number of hydrogen-bond donors (Lipinski definition) is 1. The summed E-state index contributed by atoms with van der Waals surface area (Å²) in [6.07, 6.45) is 8.36. The van der Waals surface area contributed by atoms with Gasteiger partial charge in [0.25, 0.3) is 0 Å². The molecular weight excluding hydrogens is 401 g/mol. The molecule has 0 unspecified atom stereocenters. The lowest BCUT2D eigenvalue weighted by molar-refractivity contribution is 0.621. The molecule has 0 spiro atoms. The van der Waals surface area contributed by atoms with Crippen LogP contribution in [0.3, 0.4) is 0 Å². The SMILES string of the molecule is C=Cc1ccc(-c2ncnc(NCc3ccc(-c4ccnc(C)c4)cn3)c2F)cc1C=C. The second-order valence-electron chi connectivity index (χ2n) is 7.21. The number of benzene rings is 1. The Hall–Kier alpha value is -4.19. The van der Waals surface area contributed by atoms with Gasteiger partial charge >= 0.3 is 0 Å². The van der Waals surface area contributed by atoms with Crippen molar-refractivity contribution in [3.05, 3.63) is 103 Å². The van der Waals surface area contributed by atoms with Gasteiger partial charge in [-0.25, -0.2) is 14.4 Å². The van der Waals surface area contributed by atoms with Crippen LogP contribution in [0.25, 0.3) is 34.5 Å². The van der Waals surface area contributed by atoms with E-state index in [9.17, 15) is 0 Å². The van der Waals surface area contributed by atoms with Crippen LogP contribution in [-0.4, -0.2) is 19.9 Å². The Balaban J connectivity index is 1.52. The van der Waals surface area contributed by atoms with E-state index in [1.54, 1.807) is 30.6 Å². The monoisotopic (exact) mass is 423 g/mol. The Morgan fingerprint density at radius 1 is 0.875 bits per heavy atom. The highest BCUT2D eigenvalue weighted by atomic mass is 19.1. The molecule has 0 aliphatic rings. The van der Waals surface area contributed by atoms with Gasteiger partial charge in [0.2, 0.25) is 0 Å². The van der Waals surface area contributed by atoms with Crippen molar-refractivity contribution in [1.82, 2.24) is 19.9 Å². The van der Waals surface area contributed by atoms with Gasteiger partial charge in [0.15, 0.2) is 11.6 Å². The van der Waals surface area contributed by atoms with Crippen LogP contribution in [0.5, 0.6) is 0 Å². The Labute approximate surface area is 186 Å². The molecule has 0 saturated carbocycles. The summed E-state index contributed by atoms with van der Waals surface area (Å²) < 4.78 is 15.1. The number of halogens is 1. The third kappa shape index (κ3) is 4.44. The van der Waals surface area contributed by atoms with Gasteiger partial charge in [0, 0.05) is 29.2 Å². The average molecular weight is 423 g/mol. The highest BCUT2D eigenvalue weighted by Gasteiger charge is 2.14. The van der Waals surface area contributed by atoms with Gasteiger partial charge in [-0.3, -0.25) is 9.97 Å². The standard InChI is InChI=1S/C26H22FN5/c1-4-18-6-7-21(13-19(18)5-2)25-24(27)26(32-16-31-25)30-15-23-9-8-22(14-29-23)20-10-11-28-17(3)12-20/h4-14,16H,1-2,15H2,3H3,(H,30,31,32). The molecule has 0 amide bonds. The van der Waals surface area contributed by atoms with Gasteiger partial charge < -0.3 is 5.32 Å². The van der Waals surface area contributed by atoms with Crippen molar-refractivity contribution in [1.29, 1.82) is 0 Å². The quantitative estimate of drug-likeness (QED) is 0.398. The number of pyridine rings is 2. The first-order chi connectivity index (χ1) is 15.6. The molecule has 4 aromatic rings. The maximum Gasteiger partial charge on any atom is 0.191 e. The highest BCUT2D eigenvalue weighted by Crippen LogP contribution is 2.27. The normalized spacial score (nSPS) is 10.6. The van der Waals surface area contributed by atoms with Gasteiger partial charge in [0.1, 0.15) is 12.0 Å². The summed E-state index contributed by atoms with van der Waals surface area (Å²) in [5, 5.41) is 3.02. The summed E-state index contributed by atoms with van der Waals surface area (Å²) in [5.41, 5.74) is 6.41. The van der Waals surface area contributed by atoms with Crippen molar-refractivity contribution in [3.8, 4) is 22.4 Å². The first kappa shape index (κ1) is 21.1. The largest absolute Gasteiger partial charge is 0.362 e. The predicted octanol–water partition coefficient (Wildman–Crippen LogP) is 5.95. The fraction of sp³-hybridized carbons (Fsp3) is 0.0769. The predicted molar refractivity (Wildman–Crippen MR) is 127 cm³/mol. The van der Waals surface area contributed by atoms with Gasteiger partial charge in [-0.05, 0) is 47.9 Å². The molecule has 1 aromatic carbocycles. The molecule has 158 valence electrons. The molecule has 1 N–H and O–H groups in total. The average Bonchev–Trinajstić information content (AvgIpc) is 2.83. The van der Waals surface area contributed by atoms with Crippen molar-refractivity contribution in [2.45, 2.75) is 13.5 Å². The third-order valence-electron chi connectivity index (χ3n) is 5.08. The van der Waals surface area contributed by atoms with Crippen molar-refractivity contribution < 1.29 is 4.39 Å². The number of aryl methyl sites for hydroxylation is 1. The summed E-state index contributed by atoms with van der Waals surface area (Å²) in [6.45, 7) is 9.88. The second-order valence-corrected chi connectivity index (χ2v) is 7.21. The maximum atomic E-state index is 15.1. The number of rotatable bonds is 7. The van der Waals surface area contributed by atoms with E-state index in [4.69, 9.17) is 0 Å². The van der Waals surface area contributed by atoms with Crippen LogP contribution in [0.2, 0.25) is 0 Å². The highest BCUT2D eigenvalue weighted by molar-refractivity contribution is 5.72. The molecular formula is C26H22FN5. The van der Waals surface area contributed by atoms with E-state index in [0.717, 1.165) is 33.6 Å². The Morgan fingerprint density at radius 3 is 2.41 bits per heavy atom. The van der Waals surface area contributed by atoms with Crippen LogP contribution in [0.15, 0.2) is 74.3 Å². The van der Waals surface area contributed by atoms with Crippen LogP contribution in [0.1, 0.15) is 22.5 Å². The fourth-order valence-corrected chi connectivity index (χ4v) is 3.38. The van der Waals surface area contributed by atoms with Crippen LogP contribution in [0, 0.1) is 12.7 Å². The zero-order chi connectivity index (χ0) is 22.5. The summed E-state index contributed by atoms with van der Waals surface area (Å²) in [6, 6.07) is 13.3. The zero-order valence-electron chi connectivity index (χ0n) is 17.7. The fourth-order valence-electron chi connectivity index (χ4n) is 3.38. The topological polar surface area (TPSA) is 63.6 Å². The van der Waals surface area contributed by atoms with Crippen LogP contribution >= 0.6 is 0 Å². The number of nitrogens with one attached hydrogen (secondary N) is 1. The number of aromatic nitrogens is 4. The molecule has 0 atom stereocenters. The smallest absolute Gasteiger partial charge is 0.191 e. The molecule has 0 aliphatic carbocycles. The number of anilines is 1. The Bertz CT molecular complexity index is 1280. The minimum absolute atomic E-state index is 0.124. The van der Waals surface area contributed by atoms with E-state index in [-0.39, 0.29) is 11.5 Å². The zero-order valence-corrected chi connectivity index (χ0v) is 17.7. The molecule has 32 heavy (non-hydrogen) atoms. The van der Waals surface area contributed by atoms with Crippen molar-refractivity contribution in [3.63, 3.8) is 0 Å². The van der Waals surface area contributed by atoms with E-state index < -0.39 is 5.82 Å². The summed E-state index contributed by atoms with van der Waals surface area (Å²) >= 11 is 0. The Kier molecular flexibility index (Phi) is 6.12. The third-order valence-corrected chi connectivity index (χ3v) is 5.08. The van der Waals surface area contributed by atoms with Crippen LogP contribution < -0.4 is 5.32 Å². The lowest BCUT2D eigenvalue weighted by Gasteiger charge is -2.11. The van der Waals surface area contributed by atoms with Crippen LogP contribution in [0.4, 0.5) is 10.2 Å². The summed E-state index contributed by atoms with van der Waals surface area (Å²) in [5.74, 6) is -0.392. The van der Waals surface area contributed by atoms with E-state index in [1.165, 1.54) is 6.33 Å². The molecule has 3 aromatic heterocycles. The minimum Gasteiger partial charge on any atom is -0.362 e. The van der Waals surface area contributed by atoms with Crippen molar-refractivity contribution in [2.75, 3.05) is 5.32 Å². The van der Waals surface area contributed by atoms with E-state index in [2.05, 4.69) is 38.4 Å². The minimum atomic E-state index is -0.516. The van der Waals surface area contributed by atoms with Gasteiger partial charge in [-0.1, -0.05) is 43.5 Å². The van der Waals surface area contributed by atoms with Gasteiger partial charge in [-0.2, -0.15) is 0 Å². The second kappa shape index (κ2) is 9.31. The Morgan fingerprint density at radius 2 is 1.69 bits per heavy atom. The van der Waals surface area contributed by atoms with E-state index >= 15 is 4.39 Å². The molecule has 0 radical (unpaired) electrons. The first-order valence-corrected chi connectivity index (χ1v) is 10.1. The van der Waals surface area contributed by atoms with E-state index in [0.29, 0.717) is 12.1 Å². The van der Waals surface area contributed by atoms with Crippen molar-refractivity contribution in [2.24, 2.45) is 0 Å². The van der Waals surface area contributed by atoms with Gasteiger partial charge in [-0.15, -0.1) is 0 Å². The number of hydrogen-bond acceptors (Lipinski definition) is 5. The molecule has 3 heterocycles. The molecule has 6 heteroatoms. The molecule has 5 nitrogen and oxygen atoms in total. The molecule has 0 aliphatic heterocycles. The van der Waals surface area contributed by atoms with Gasteiger partial charge in [0.05, 0.1) is 12.2 Å². The molecule has 4 rings (SSSR count). The summed E-state index contributed by atoms with van der Waals surface area (Å²) in [7, 11) is 0. The maximum absolute atomic E-state index is 15.1. The molecule has 0 bridgehead atoms. The number of nitrogens with zero attached hydrogens (tertiary/aromatic N) is 4. The molecule has 0 fully saturated rings.